The van der Waals surface area contributed by atoms with Crippen LogP contribution in [0.2, 0.25) is 0 Å². The number of Topliss-reactive ketones (excluding diaryl/α,β-unsaturated/α-hetero) is 1. The molecular weight excluding hydrogens is 260 g/mol. The number of benzene rings is 2. The maximum atomic E-state index is 12.3. The lowest BCUT2D eigenvalue weighted by molar-refractivity contribution is 0.0920. The van der Waals surface area contributed by atoms with Crippen molar-refractivity contribution in [1.82, 2.24) is 0 Å². The maximum Gasteiger partial charge on any atom is 0.200 e. The van der Waals surface area contributed by atoms with Crippen LogP contribution in [0.15, 0.2) is 42.5 Å². The summed E-state index contributed by atoms with van der Waals surface area (Å²) in [5.74, 6) is 1.20. The van der Waals surface area contributed by atoms with E-state index in [4.69, 9.17) is 4.74 Å². The Bertz CT molecular complexity index is 642. The monoisotopic (exact) mass is 282 g/mol. The zero-order valence-corrected chi connectivity index (χ0v) is 13.1. The summed E-state index contributed by atoms with van der Waals surface area (Å²) in [6.07, 6.45) is 0. The fourth-order valence-electron chi connectivity index (χ4n) is 2.35. The Hall–Kier alpha value is -2.09. The van der Waals surface area contributed by atoms with Gasteiger partial charge in [0, 0.05) is 5.56 Å². The van der Waals surface area contributed by atoms with Crippen LogP contribution in [0.3, 0.4) is 0 Å². The summed E-state index contributed by atoms with van der Waals surface area (Å²) in [6.45, 7) is 8.30. The topological polar surface area (TPSA) is 26.3 Å². The third kappa shape index (κ3) is 3.72. The molecule has 0 N–H and O–H groups in total. The Balaban J connectivity index is 2.15. The van der Waals surface area contributed by atoms with E-state index in [0.29, 0.717) is 5.92 Å². The first-order chi connectivity index (χ1) is 9.99. The highest BCUT2D eigenvalue weighted by atomic mass is 16.5. The average Bonchev–Trinajstić information content (AvgIpc) is 2.45. The van der Waals surface area contributed by atoms with E-state index in [0.717, 1.165) is 28.0 Å². The Labute approximate surface area is 126 Å². The van der Waals surface area contributed by atoms with Gasteiger partial charge in [-0.2, -0.15) is 0 Å². The van der Waals surface area contributed by atoms with Crippen molar-refractivity contribution in [3.05, 3.63) is 64.7 Å². The first-order valence-corrected chi connectivity index (χ1v) is 7.31. The first-order valence-electron chi connectivity index (χ1n) is 7.31. The molecule has 0 atom stereocenters. The molecule has 21 heavy (non-hydrogen) atoms. The van der Waals surface area contributed by atoms with Gasteiger partial charge < -0.3 is 4.74 Å². The molecule has 0 bridgehead atoms. The standard InChI is InChI=1S/C19H22O2/c1-13(2)16-10-9-14(3)11-19(16)21-12-18(20)17-8-6-5-7-15(17)4/h5-11,13H,12H2,1-4H3. The molecule has 0 aliphatic rings. The number of carbonyl (C=O) groups excluding carboxylic acids is 1. The number of ether oxygens (including phenoxy) is 1. The van der Waals surface area contributed by atoms with Gasteiger partial charge in [0.15, 0.2) is 12.4 Å². The van der Waals surface area contributed by atoms with Gasteiger partial charge in [0.1, 0.15) is 5.75 Å². The molecule has 0 aliphatic carbocycles. The molecule has 2 nitrogen and oxygen atoms in total. The average molecular weight is 282 g/mol. The molecule has 2 aromatic rings. The Morgan fingerprint density at radius 2 is 1.81 bits per heavy atom. The zero-order valence-electron chi connectivity index (χ0n) is 13.1. The van der Waals surface area contributed by atoms with Crippen molar-refractivity contribution in [3.63, 3.8) is 0 Å². The molecule has 2 rings (SSSR count). The van der Waals surface area contributed by atoms with Gasteiger partial charge in [-0.25, -0.2) is 0 Å². The first kappa shape index (κ1) is 15.3. The van der Waals surface area contributed by atoms with Crippen LogP contribution in [0.25, 0.3) is 0 Å². The minimum Gasteiger partial charge on any atom is -0.485 e. The largest absolute Gasteiger partial charge is 0.485 e. The second kappa shape index (κ2) is 6.57. The maximum absolute atomic E-state index is 12.3. The summed E-state index contributed by atoms with van der Waals surface area (Å²) in [7, 11) is 0. The third-order valence-electron chi connectivity index (χ3n) is 3.60. The second-order valence-electron chi connectivity index (χ2n) is 5.72. The SMILES string of the molecule is Cc1ccc(C(C)C)c(OCC(=O)c2ccccc2C)c1. The molecule has 0 heterocycles. The highest BCUT2D eigenvalue weighted by molar-refractivity contribution is 5.98. The molecule has 0 saturated heterocycles. The van der Waals surface area contributed by atoms with Crippen molar-refractivity contribution in [1.29, 1.82) is 0 Å². The zero-order chi connectivity index (χ0) is 15.4. The molecule has 0 amide bonds. The number of rotatable bonds is 5. The summed E-state index contributed by atoms with van der Waals surface area (Å²) in [5, 5.41) is 0. The van der Waals surface area contributed by atoms with Crippen molar-refractivity contribution >= 4 is 5.78 Å². The highest BCUT2D eigenvalue weighted by Crippen LogP contribution is 2.27. The molecule has 0 radical (unpaired) electrons. The fourth-order valence-corrected chi connectivity index (χ4v) is 2.35. The van der Waals surface area contributed by atoms with Crippen LogP contribution in [0.5, 0.6) is 5.75 Å². The molecule has 0 spiro atoms. The summed E-state index contributed by atoms with van der Waals surface area (Å²) < 4.78 is 5.80. The summed E-state index contributed by atoms with van der Waals surface area (Å²) in [6, 6.07) is 13.8. The summed E-state index contributed by atoms with van der Waals surface area (Å²) in [5.41, 5.74) is 3.99. The van der Waals surface area contributed by atoms with E-state index in [1.54, 1.807) is 0 Å². The van der Waals surface area contributed by atoms with E-state index in [1.165, 1.54) is 0 Å². The van der Waals surface area contributed by atoms with E-state index in [2.05, 4.69) is 26.0 Å². The Kier molecular flexibility index (Phi) is 4.79. The van der Waals surface area contributed by atoms with E-state index >= 15 is 0 Å². The van der Waals surface area contributed by atoms with E-state index in [9.17, 15) is 4.79 Å². The lowest BCUT2D eigenvalue weighted by Gasteiger charge is -2.15. The second-order valence-corrected chi connectivity index (χ2v) is 5.72. The van der Waals surface area contributed by atoms with Crippen molar-refractivity contribution in [2.75, 3.05) is 6.61 Å². The van der Waals surface area contributed by atoms with Crippen molar-refractivity contribution in [2.24, 2.45) is 0 Å². The van der Waals surface area contributed by atoms with Crippen molar-refractivity contribution < 1.29 is 9.53 Å². The van der Waals surface area contributed by atoms with Gasteiger partial charge in [0.05, 0.1) is 0 Å². The normalized spacial score (nSPS) is 10.7. The number of ketones is 1. The van der Waals surface area contributed by atoms with Gasteiger partial charge in [-0.3, -0.25) is 4.79 Å². The number of hydrogen-bond acceptors (Lipinski definition) is 2. The van der Waals surface area contributed by atoms with Gasteiger partial charge in [0.25, 0.3) is 0 Å². The fraction of sp³-hybridized carbons (Fsp3) is 0.316. The quantitative estimate of drug-likeness (QED) is 0.744. The van der Waals surface area contributed by atoms with Crippen molar-refractivity contribution in [2.45, 2.75) is 33.6 Å². The minimum absolute atomic E-state index is 0.0179. The molecule has 0 saturated carbocycles. The number of carbonyl (C=O) groups is 1. The minimum atomic E-state index is 0.0179. The Morgan fingerprint density at radius 3 is 2.48 bits per heavy atom. The van der Waals surface area contributed by atoms with Crippen LogP contribution in [-0.2, 0) is 0 Å². The highest BCUT2D eigenvalue weighted by Gasteiger charge is 2.12. The third-order valence-corrected chi connectivity index (χ3v) is 3.60. The van der Waals surface area contributed by atoms with Gasteiger partial charge in [-0.05, 0) is 42.5 Å². The van der Waals surface area contributed by atoms with Gasteiger partial charge in [0.2, 0.25) is 0 Å². The predicted molar refractivity (Wildman–Crippen MR) is 86.3 cm³/mol. The van der Waals surface area contributed by atoms with Gasteiger partial charge in [-0.1, -0.05) is 50.2 Å². The molecule has 0 aromatic heterocycles. The van der Waals surface area contributed by atoms with Crippen LogP contribution in [0, 0.1) is 13.8 Å². The van der Waals surface area contributed by atoms with E-state index in [-0.39, 0.29) is 12.4 Å². The van der Waals surface area contributed by atoms with Crippen LogP contribution in [0.4, 0.5) is 0 Å². The number of aryl methyl sites for hydroxylation is 2. The number of hydrogen-bond donors (Lipinski definition) is 0. The van der Waals surface area contributed by atoms with Gasteiger partial charge in [-0.15, -0.1) is 0 Å². The molecule has 0 unspecified atom stereocenters. The lowest BCUT2D eigenvalue weighted by Crippen LogP contribution is -2.14. The molecule has 110 valence electrons. The smallest absolute Gasteiger partial charge is 0.200 e. The van der Waals surface area contributed by atoms with Crippen LogP contribution >= 0.6 is 0 Å². The lowest BCUT2D eigenvalue weighted by atomic mass is 10.0. The molecule has 2 heteroatoms. The summed E-state index contributed by atoms with van der Waals surface area (Å²) in [4.78, 5) is 12.3. The van der Waals surface area contributed by atoms with E-state index in [1.807, 2.05) is 44.2 Å². The van der Waals surface area contributed by atoms with Gasteiger partial charge >= 0.3 is 0 Å². The van der Waals surface area contributed by atoms with Crippen molar-refractivity contribution in [3.8, 4) is 5.75 Å². The molecule has 0 aliphatic heterocycles. The Morgan fingerprint density at radius 1 is 1.10 bits per heavy atom. The van der Waals surface area contributed by atoms with Crippen LogP contribution < -0.4 is 4.74 Å². The summed E-state index contributed by atoms with van der Waals surface area (Å²) >= 11 is 0. The molecule has 2 aromatic carbocycles. The van der Waals surface area contributed by atoms with E-state index < -0.39 is 0 Å². The predicted octanol–water partition coefficient (Wildman–Crippen LogP) is 4.69. The van der Waals surface area contributed by atoms with Crippen LogP contribution in [0.1, 0.15) is 46.8 Å². The molecule has 0 fully saturated rings. The van der Waals surface area contributed by atoms with Crippen LogP contribution in [-0.4, -0.2) is 12.4 Å². The molecular formula is C19H22O2.